The van der Waals surface area contributed by atoms with Crippen LogP contribution in [0.3, 0.4) is 0 Å². The Hall–Kier alpha value is -2.58. The number of amides is 1. The Morgan fingerprint density at radius 1 is 1.14 bits per heavy atom. The Morgan fingerprint density at radius 3 is 2.45 bits per heavy atom. The monoisotopic (exact) mass is 418 g/mol. The van der Waals surface area contributed by atoms with Crippen molar-refractivity contribution < 1.29 is 22.7 Å². The first-order valence-corrected chi connectivity index (χ1v) is 11.1. The fourth-order valence-electron chi connectivity index (χ4n) is 3.12. The summed E-state index contributed by atoms with van der Waals surface area (Å²) in [4.78, 5) is 14.3. The van der Waals surface area contributed by atoms with Crippen molar-refractivity contribution in [3.05, 3.63) is 54.1 Å². The number of nitrogens with zero attached hydrogens (tertiary/aromatic N) is 1. The molecule has 0 radical (unpaired) electrons. The lowest BCUT2D eigenvalue weighted by atomic mass is 10.1. The Balaban J connectivity index is 1.66. The van der Waals surface area contributed by atoms with Crippen LogP contribution in [0.25, 0.3) is 0 Å². The van der Waals surface area contributed by atoms with Gasteiger partial charge in [-0.3, -0.25) is 9.52 Å². The molecule has 156 valence electrons. The molecule has 7 nitrogen and oxygen atoms in total. The zero-order valence-electron chi connectivity index (χ0n) is 16.6. The lowest BCUT2D eigenvalue weighted by molar-refractivity contribution is -0.142. The van der Waals surface area contributed by atoms with Crippen molar-refractivity contribution in [3.8, 4) is 5.75 Å². The number of aryl methyl sites for hydroxylation is 1. The molecule has 0 unspecified atom stereocenters. The maximum Gasteiger partial charge on any atom is 0.263 e. The normalized spacial score (nSPS) is 15.6. The minimum absolute atomic E-state index is 0.108. The lowest BCUT2D eigenvalue weighted by Gasteiger charge is -2.29. The second kappa shape index (κ2) is 9.28. The Bertz CT molecular complexity index is 938. The van der Waals surface area contributed by atoms with Crippen molar-refractivity contribution in [2.45, 2.75) is 31.3 Å². The number of hydrogen-bond donors (Lipinski definition) is 1. The van der Waals surface area contributed by atoms with Gasteiger partial charge in [0.25, 0.3) is 15.9 Å². The summed E-state index contributed by atoms with van der Waals surface area (Å²) in [7, 11) is -3.72. The fourth-order valence-corrected chi connectivity index (χ4v) is 4.23. The molecule has 29 heavy (non-hydrogen) atoms. The average Bonchev–Trinajstić information content (AvgIpc) is 2.74. The van der Waals surface area contributed by atoms with E-state index in [-0.39, 0.29) is 10.8 Å². The summed E-state index contributed by atoms with van der Waals surface area (Å²) in [6, 6.07) is 13.4. The van der Waals surface area contributed by atoms with Crippen LogP contribution in [0, 0.1) is 0 Å². The van der Waals surface area contributed by atoms with E-state index < -0.39 is 16.1 Å². The van der Waals surface area contributed by atoms with Gasteiger partial charge in [-0.2, -0.15) is 0 Å². The molecule has 1 fully saturated rings. The summed E-state index contributed by atoms with van der Waals surface area (Å²) >= 11 is 0. The number of ether oxygens (including phenoxy) is 2. The van der Waals surface area contributed by atoms with Crippen LogP contribution in [0.15, 0.2) is 53.4 Å². The molecule has 2 aromatic rings. The number of carbonyl (C=O) groups is 1. The molecule has 1 saturated heterocycles. The molecule has 0 saturated carbocycles. The maximum atomic E-state index is 12.7. The number of benzene rings is 2. The van der Waals surface area contributed by atoms with Crippen molar-refractivity contribution in [2.75, 3.05) is 31.0 Å². The topological polar surface area (TPSA) is 84.9 Å². The molecule has 1 atom stereocenters. The quantitative estimate of drug-likeness (QED) is 0.747. The Kier molecular flexibility index (Phi) is 6.76. The molecule has 2 aromatic carbocycles. The van der Waals surface area contributed by atoms with E-state index in [0.29, 0.717) is 37.7 Å². The molecule has 0 spiro atoms. The predicted molar refractivity (Wildman–Crippen MR) is 111 cm³/mol. The van der Waals surface area contributed by atoms with Crippen LogP contribution >= 0.6 is 0 Å². The largest absolute Gasteiger partial charge is 0.481 e. The van der Waals surface area contributed by atoms with Crippen LogP contribution in [0.5, 0.6) is 5.75 Å². The van der Waals surface area contributed by atoms with E-state index >= 15 is 0 Å². The van der Waals surface area contributed by atoms with Gasteiger partial charge in [0.05, 0.1) is 23.8 Å². The summed E-state index contributed by atoms with van der Waals surface area (Å²) in [6.45, 7) is 5.81. The molecule has 1 N–H and O–H groups in total. The van der Waals surface area contributed by atoms with Crippen LogP contribution < -0.4 is 9.46 Å². The first-order chi connectivity index (χ1) is 13.9. The molecule has 0 bridgehead atoms. The smallest absolute Gasteiger partial charge is 0.263 e. The van der Waals surface area contributed by atoms with Crippen LogP contribution in [-0.4, -0.2) is 51.6 Å². The van der Waals surface area contributed by atoms with E-state index in [1.165, 1.54) is 12.1 Å². The van der Waals surface area contributed by atoms with E-state index in [1.54, 1.807) is 36.1 Å². The fraction of sp³-hybridized carbons (Fsp3) is 0.381. The molecule has 0 aromatic heterocycles. The summed E-state index contributed by atoms with van der Waals surface area (Å²) in [5, 5.41) is 0. The number of sulfonamides is 1. The Labute approximate surface area is 171 Å². The number of nitrogens with one attached hydrogen (secondary N) is 1. The second-order valence-electron chi connectivity index (χ2n) is 6.79. The van der Waals surface area contributed by atoms with Crippen LogP contribution in [-0.2, 0) is 26.0 Å². The van der Waals surface area contributed by atoms with Crippen molar-refractivity contribution in [1.82, 2.24) is 4.90 Å². The highest BCUT2D eigenvalue weighted by molar-refractivity contribution is 7.92. The van der Waals surface area contributed by atoms with Gasteiger partial charge in [0.1, 0.15) is 5.75 Å². The standard InChI is InChI=1S/C21H26N2O5S/c1-3-17-6-4-5-7-20(17)22-29(25,26)19-10-8-18(9-11-19)28-16(2)21(24)23-12-14-27-15-13-23/h4-11,16,22H,3,12-15H2,1-2H3/t16-/m0/s1. The van der Waals surface area contributed by atoms with Crippen molar-refractivity contribution in [1.29, 1.82) is 0 Å². The summed E-state index contributed by atoms with van der Waals surface area (Å²) in [5.74, 6) is 0.329. The molecule has 1 aliphatic rings. The summed E-state index contributed by atoms with van der Waals surface area (Å²) in [5.41, 5.74) is 1.49. The summed E-state index contributed by atoms with van der Waals surface area (Å²) < 4.78 is 39.0. The number of hydrogen-bond acceptors (Lipinski definition) is 5. The lowest BCUT2D eigenvalue weighted by Crippen LogP contribution is -2.46. The van der Waals surface area contributed by atoms with Crippen LogP contribution in [0.4, 0.5) is 5.69 Å². The summed E-state index contributed by atoms with van der Waals surface area (Å²) in [6.07, 6.45) is 0.0608. The molecule has 1 aliphatic heterocycles. The van der Waals surface area contributed by atoms with Gasteiger partial charge in [-0.1, -0.05) is 25.1 Å². The average molecular weight is 419 g/mol. The van der Waals surface area contributed by atoms with Crippen LogP contribution in [0.1, 0.15) is 19.4 Å². The van der Waals surface area contributed by atoms with Gasteiger partial charge in [-0.25, -0.2) is 8.42 Å². The van der Waals surface area contributed by atoms with Gasteiger partial charge >= 0.3 is 0 Å². The third kappa shape index (κ3) is 5.27. The van der Waals surface area contributed by atoms with Crippen LogP contribution in [0.2, 0.25) is 0 Å². The van der Waals surface area contributed by atoms with Gasteiger partial charge in [0, 0.05) is 13.1 Å². The third-order valence-electron chi connectivity index (χ3n) is 4.76. The minimum Gasteiger partial charge on any atom is -0.481 e. The van der Waals surface area contributed by atoms with Gasteiger partial charge in [-0.15, -0.1) is 0 Å². The zero-order valence-corrected chi connectivity index (χ0v) is 17.4. The number of morpholine rings is 1. The molecule has 8 heteroatoms. The second-order valence-corrected chi connectivity index (χ2v) is 8.47. The molecular weight excluding hydrogens is 392 g/mol. The highest BCUT2D eigenvalue weighted by Crippen LogP contribution is 2.23. The number of para-hydroxylation sites is 1. The van der Waals surface area contributed by atoms with Gasteiger partial charge in [0.15, 0.2) is 6.10 Å². The van der Waals surface area contributed by atoms with E-state index in [0.717, 1.165) is 12.0 Å². The number of carbonyl (C=O) groups excluding carboxylic acids is 1. The Morgan fingerprint density at radius 2 is 1.79 bits per heavy atom. The predicted octanol–water partition coefficient (Wildman–Crippen LogP) is 2.68. The molecule has 3 rings (SSSR count). The van der Waals surface area contributed by atoms with E-state index in [2.05, 4.69) is 4.72 Å². The number of anilines is 1. The van der Waals surface area contributed by atoms with Gasteiger partial charge in [-0.05, 0) is 49.2 Å². The third-order valence-corrected chi connectivity index (χ3v) is 6.14. The van der Waals surface area contributed by atoms with Gasteiger partial charge in [0.2, 0.25) is 0 Å². The highest BCUT2D eigenvalue weighted by atomic mass is 32.2. The van der Waals surface area contributed by atoms with Crippen molar-refractivity contribution >= 4 is 21.6 Å². The van der Waals surface area contributed by atoms with Crippen molar-refractivity contribution in [3.63, 3.8) is 0 Å². The molecule has 0 aliphatic carbocycles. The molecule has 1 heterocycles. The maximum absolute atomic E-state index is 12.7. The minimum atomic E-state index is -3.72. The first kappa shape index (κ1) is 21.1. The SMILES string of the molecule is CCc1ccccc1NS(=O)(=O)c1ccc(O[C@@H](C)C(=O)N2CCOCC2)cc1. The van der Waals surface area contributed by atoms with Gasteiger partial charge < -0.3 is 14.4 Å². The molecular formula is C21H26N2O5S. The van der Waals surface area contributed by atoms with E-state index in [9.17, 15) is 13.2 Å². The highest BCUT2D eigenvalue weighted by Gasteiger charge is 2.24. The number of rotatable bonds is 7. The van der Waals surface area contributed by atoms with Crippen molar-refractivity contribution in [2.24, 2.45) is 0 Å². The molecule has 1 amide bonds. The first-order valence-electron chi connectivity index (χ1n) is 9.64. The zero-order chi connectivity index (χ0) is 20.9. The van der Waals surface area contributed by atoms with E-state index in [4.69, 9.17) is 9.47 Å². The van der Waals surface area contributed by atoms with E-state index in [1.807, 2.05) is 19.1 Å².